The summed E-state index contributed by atoms with van der Waals surface area (Å²) in [4.78, 5) is 24.2. The molecular formula is C20H22ClFN2O2. The highest BCUT2D eigenvalue weighted by atomic mass is 35.5. The first-order valence-electron chi connectivity index (χ1n) is 8.58. The van der Waals surface area contributed by atoms with Gasteiger partial charge in [0.1, 0.15) is 5.82 Å². The molecule has 0 saturated carbocycles. The van der Waals surface area contributed by atoms with Gasteiger partial charge in [0.25, 0.3) is 5.91 Å². The Morgan fingerprint density at radius 1 is 1.15 bits per heavy atom. The molecule has 0 aromatic heterocycles. The van der Waals surface area contributed by atoms with Crippen molar-refractivity contribution in [3.05, 3.63) is 70.5 Å². The average Bonchev–Trinajstić information content (AvgIpc) is 2.62. The van der Waals surface area contributed by atoms with Crippen molar-refractivity contribution in [2.24, 2.45) is 0 Å². The van der Waals surface area contributed by atoms with Crippen molar-refractivity contribution in [1.29, 1.82) is 0 Å². The van der Waals surface area contributed by atoms with Gasteiger partial charge in [0.2, 0.25) is 5.91 Å². The van der Waals surface area contributed by atoms with Crippen molar-refractivity contribution in [3.8, 4) is 0 Å². The molecular weight excluding hydrogens is 355 g/mol. The lowest BCUT2D eigenvalue weighted by atomic mass is 10.0. The van der Waals surface area contributed by atoms with Gasteiger partial charge in [-0.1, -0.05) is 55.3 Å². The molecule has 6 heteroatoms. The van der Waals surface area contributed by atoms with E-state index in [-0.39, 0.29) is 35.5 Å². The maximum atomic E-state index is 13.0. The number of hydrogen-bond donors (Lipinski definition) is 2. The molecule has 2 aromatic carbocycles. The first-order chi connectivity index (χ1) is 12.5. The third-order valence-corrected chi connectivity index (χ3v) is 4.24. The van der Waals surface area contributed by atoms with Gasteiger partial charge >= 0.3 is 0 Å². The summed E-state index contributed by atoms with van der Waals surface area (Å²) in [6.45, 7) is 2.24. The van der Waals surface area contributed by atoms with Crippen LogP contribution in [0.15, 0.2) is 48.5 Å². The summed E-state index contributed by atoms with van der Waals surface area (Å²) < 4.78 is 13.0. The maximum absolute atomic E-state index is 13.0. The van der Waals surface area contributed by atoms with Crippen molar-refractivity contribution in [2.45, 2.75) is 32.2 Å². The highest BCUT2D eigenvalue weighted by molar-refractivity contribution is 6.33. The van der Waals surface area contributed by atoms with Crippen LogP contribution >= 0.6 is 11.6 Å². The Balaban J connectivity index is 1.84. The summed E-state index contributed by atoms with van der Waals surface area (Å²) in [7, 11) is 0. The summed E-state index contributed by atoms with van der Waals surface area (Å²) in [5.41, 5.74) is 1.24. The van der Waals surface area contributed by atoms with Crippen molar-refractivity contribution in [2.75, 3.05) is 6.54 Å². The number of carbonyl (C=O) groups is 2. The van der Waals surface area contributed by atoms with Crippen LogP contribution < -0.4 is 10.6 Å². The molecule has 2 rings (SSSR count). The zero-order chi connectivity index (χ0) is 18.9. The lowest BCUT2D eigenvalue weighted by molar-refractivity contribution is -0.121. The second kappa shape index (κ2) is 9.92. The molecule has 0 aliphatic rings. The lowest BCUT2D eigenvalue weighted by Crippen LogP contribution is -2.33. The van der Waals surface area contributed by atoms with E-state index in [0.717, 1.165) is 24.5 Å². The van der Waals surface area contributed by atoms with Crippen LogP contribution in [0.3, 0.4) is 0 Å². The summed E-state index contributed by atoms with van der Waals surface area (Å²) in [6, 6.07) is 13.3. The predicted octanol–water partition coefficient (Wildman–Crippen LogP) is 4.26. The molecule has 2 N–H and O–H groups in total. The predicted molar refractivity (Wildman–Crippen MR) is 101 cm³/mol. The van der Waals surface area contributed by atoms with Gasteiger partial charge in [0.15, 0.2) is 0 Å². The smallest absolute Gasteiger partial charge is 0.252 e. The summed E-state index contributed by atoms with van der Waals surface area (Å²) in [5.74, 6) is -1.08. The van der Waals surface area contributed by atoms with Crippen LogP contribution in [0.25, 0.3) is 0 Å². The standard InChI is InChI=1S/C20H22ClFN2O2/c1-2-6-18(14-7-4-3-5-8-14)24-19(25)11-12-23-20(26)16-10-9-15(22)13-17(16)21/h3-5,7-10,13,18H,2,6,11-12H2,1H3,(H,23,26)(H,24,25). The molecule has 2 amide bonds. The molecule has 1 unspecified atom stereocenters. The van der Waals surface area contributed by atoms with E-state index in [2.05, 4.69) is 17.6 Å². The first-order valence-corrected chi connectivity index (χ1v) is 8.96. The van der Waals surface area contributed by atoms with Gasteiger partial charge in [-0.2, -0.15) is 0 Å². The molecule has 26 heavy (non-hydrogen) atoms. The van der Waals surface area contributed by atoms with Gasteiger partial charge in [-0.25, -0.2) is 4.39 Å². The number of hydrogen-bond acceptors (Lipinski definition) is 2. The van der Waals surface area contributed by atoms with E-state index in [4.69, 9.17) is 11.6 Å². The van der Waals surface area contributed by atoms with Crippen LogP contribution in [0.2, 0.25) is 5.02 Å². The van der Waals surface area contributed by atoms with Crippen LogP contribution in [-0.4, -0.2) is 18.4 Å². The van der Waals surface area contributed by atoms with Gasteiger partial charge in [0, 0.05) is 13.0 Å². The van der Waals surface area contributed by atoms with Crippen LogP contribution in [-0.2, 0) is 4.79 Å². The summed E-state index contributed by atoms with van der Waals surface area (Å²) >= 11 is 5.86. The Labute approximate surface area is 157 Å². The summed E-state index contributed by atoms with van der Waals surface area (Å²) in [5, 5.41) is 5.67. The van der Waals surface area contributed by atoms with E-state index in [9.17, 15) is 14.0 Å². The number of nitrogens with one attached hydrogen (secondary N) is 2. The third kappa shape index (κ3) is 5.85. The Kier molecular flexibility index (Phi) is 7.60. The quantitative estimate of drug-likeness (QED) is 0.723. The normalized spacial score (nSPS) is 11.7. The molecule has 0 aliphatic heterocycles. The topological polar surface area (TPSA) is 58.2 Å². The van der Waals surface area contributed by atoms with Crippen molar-refractivity contribution in [3.63, 3.8) is 0 Å². The van der Waals surface area contributed by atoms with E-state index in [1.807, 2.05) is 30.3 Å². The minimum atomic E-state index is -0.506. The third-order valence-electron chi connectivity index (χ3n) is 3.93. The Hall–Kier alpha value is -2.40. The average molecular weight is 377 g/mol. The molecule has 0 bridgehead atoms. The van der Waals surface area contributed by atoms with Crippen molar-refractivity contribution >= 4 is 23.4 Å². The molecule has 0 fully saturated rings. The van der Waals surface area contributed by atoms with E-state index < -0.39 is 11.7 Å². The van der Waals surface area contributed by atoms with Gasteiger partial charge in [-0.3, -0.25) is 9.59 Å². The molecule has 0 heterocycles. The molecule has 4 nitrogen and oxygen atoms in total. The zero-order valence-electron chi connectivity index (χ0n) is 14.6. The number of halogens is 2. The number of benzene rings is 2. The first kappa shape index (κ1) is 19.9. The van der Waals surface area contributed by atoms with Gasteiger partial charge in [0.05, 0.1) is 16.6 Å². The van der Waals surface area contributed by atoms with E-state index in [0.29, 0.717) is 0 Å². The van der Waals surface area contributed by atoms with E-state index in [1.54, 1.807) is 0 Å². The minimum Gasteiger partial charge on any atom is -0.351 e. The largest absolute Gasteiger partial charge is 0.351 e. The molecule has 0 spiro atoms. The fourth-order valence-electron chi connectivity index (χ4n) is 2.62. The summed E-state index contributed by atoms with van der Waals surface area (Å²) in [6.07, 6.45) is 1.94. The maximum Gasteiger partial charge on any atom is 0.252 e. The number of rotatable bonds is 8. The van der Waals surface area contributed by atoms with E-state index >= 15 is 0 Å². The van der Waals surface area contributed by atoms with Crippen LogP contribution in [0.5, 0.6) is 0 Å². The van der Waals surface area contributed by atoms with Gasteiger partial charge in [-0.05, 0) is 30.2 Å². The molecule has 0 aliphatic carbocycles. The Morgan fingerprint density at radius 2 is 1.88 bits per heavy atom. The number of carbonyl (C=O) groups excluding carboxylic acids is 2. The lowest BCUT2D eigenvalue weighted by Gasteiger charge is -2.18. The molecule has 2 aromatic rings. The second-order valence-corrected chi connectivity index (χ2v) is 6.36. The molecule has 0 radical (unpaired) electrons. The zero-order valence-corrected chi connectivity index (χ0v) is 15.4. The highest BCUT2D eigenvalue weighted by Crippen LogP contribution is 2.18. The van der Waals surface area contributed by atoms with Crippen LogP contribution in [0.4, 0.5) is 4.39 Å². The SMILES string of the molecule is CCCC(NC(=O)CCNC(=O)c1ccc(F)cc1Cl)c1ccccc1. The molecule has 0 saturated heterocycles. The van der Waals surface area contributed by atoms with Gasteiger partial charge < -0.3 is 10.6 Å². The van der Waals surface area contributed by atoms with Crippen molar-refractivity contribution in [1.82, 2.24) is 10.6 Å². The Morgan fingerprint density at radius 3 is 2.54 bits per heavy atom. The number of amides is 2. The molecule has 138 valence electrons. The fraction of sp³-hybridized carbons (Fsp3) is 0.300. The van der Waals surface area contributed by atoms with Gasteiger partial charge in [-0.15, -0.1) is 0 Å². The second-order valence-electron chi connectivity index (χ2n) is 5.95. The fourth-order valence-corrected chi connectivity index (χ4v) is 2.87. The van der Waals surface area contributed by atoms with Crippen molar-refractivity contribution < 1.29 is 14.0 Å². The monoisotopic (exact) mass is 376 g/mol. The Bertz CT molecular complexity index is 753. The minimum absolute atomic E-state index is 0.0408. The molecule has 1 atom stereocenters. The highest BCUT2D eigenvalue weighted by Gasteiger charge is 2.15. The van der Waals surface area contributed by atoms with E-state index in [1.165, 1.54) is 12.1 Å². The van der Waals surface area contributed by atoms with Crippen LogP contribution in [0, 0.1) is 5.82 Å². The van der Waals surface area contributed by atoms with Crippen LogP contribution in [0.1, 0.15) is 48.1 Å².